The van der Waals surface area contributed by atoms with E-state index in [9.17, 15) is 4.79 Å². The molecular weight excluding hydrogens is 360 g/mol. The third-order valence-corrected chi connectivity index (χ3v) is 5.69. The van der Waals surface area contributed by atoms with Crippen LogP contribution >= 0.6 is 0 Å². The van der Waals surface area contributed by atoms with Gasteiger partial charge in [0.05, 0.1) is 12.0 Å². The monoisotopic (exact) mass is 382 g/mol. The van der Waals surface area contributed by atoms with Gasteiger partial charge in [-0.3, -0.25) is 9.20 Å². The molecule has 1 saturated heterocycles. The molecule has 5 nitrogen and oxygen atoms in total. The highest BCUT2D eigenvalue weighted by molar-refractivity contribution is 5.87. The molecular formula is C24H22N4O. The second-order valence-corrected chi connectivity index (χ2v) is 7.43. The van der Waals surface area contributed by atoms with Gasteiger partial charge in [0, 0.05) is 12.7 Å². The zero-order valence-electron chi connectivity index (χ0n) is 16.1. The number of fused-ring (bicyclic) bond motifs is 1. The summed E-state index contributed by atoms with van der Waals surface area (Å²) in [7, 11) is 0. The number of carbonyl (C=O) groups is 1. The Hall–Kier alpha value is -3.47. The summed E-state index contributed by atoms with van der Waals surface area (Å²) in [4.78, 5) is 15.9. The first-order valence-corrected chi connectivity index (χ1v) is 10.0. The summed E-state index contributed by atoms with van der Waals surface area (Å²) in [5.41, 5.74) is 2.84. The molecule has 5 heteroatoms. The maximum atomic E-state index is 13.9. The molecule has 1 aliphatic heterocycles. The first-order chi connectivity index (χ1) is 14.3. The molecule has 0 N–H and O–H groups in total. The first-order valence-electron chi connectivity index (χ1n) is 10.0. The Morgan fingerprint density at radius 3 is 2.21 bits per heavy atom. The molecule has 4 aromatic rings. The average Bonchev–Trinajstić information content (AvgIpc) is 3.42. The molecule has 1 amide bonds. The van der Waals surface area contributed by atoms with Gasteiger partial charge in [0.25, 0.3) is 0 Å². The first kappa shape index (κ1) is 17.6. The molecule has 0 saturated carbocycles. The number of hydrogen-bond donors (Lipinski definition) is 0. The number of pyridine rings is 1. The predicted octanol–water partition coefficient (Wildman–Crippen LogP) is 4.22. The molecule has 0 bridgehead atoms. The summed E-state index contributed by atoms with van der Waals surface area (Å²) in [6, 6.07) is 25.9. The number of rotatable bonds is 4. The van der Waals surface area contributed by atoms with Gasteiger partial charge in [-0.15, -0.1) is 10.2 Å². The number of nitrogens with zero attached hydrogens (tertiary/aromatic N) is 4. The van der Waals surface area contributed by atoms with Crippen LogP contribution in [0.25, 0.3) is 5.65 Å². The van der Waals surface area contributed by atoms with Crippen molar-refractivity contribution in [1.82, 2.24) is 19.5 Å². The van der Waals surface area contributed by atoms with Crippen LogP contribution in [0.5, 0.6) is 0 Å². The summed E-state index contributed by atoms with van der Waals surface area (Å²) >= 11 is 0. The molecule has 1 fully saturated rings. The Kier molecular flexibility index (Phi) is 4.56. The van der Waals surface area contributed by atoms with Crippen LogP contribution in [-0.2, 0) is 4.79 Å². The molecule has 1 aliphatic rings. The molecule has 5 rings (SSSR count). The lowest BCUT2D eigenvalue weighted by Crippen LogP contribution is -2.36. The lowest BCUT2D eigenvalue weighted by atomic mass is 9.90. The van der Waals surface area contributed by atoms with Crippen molar-refractivity contribution >= 4 is 11.6 Å². The van der Waals surface area contributed by atoms with Crippen molar-refractivity contribution < 1.29 is 4.79 Å². The molecule has 2 aromatic carbocycles. The van der Waals surface area contributed by atoms with Gasteiger partial charge in [-0.05, 0) is 36.1 Å². The van der Waals surface area contributed by atoms with Gasteiger partial charge in [0.2, 0.25) is 5.91 Å². The van der Waals surface area contributed by atoms with Crippen LogP contribution < -0.4 is 0 Å². The van der Waals surface area contributed by atoms with E-state index in [1.54, 1.807) is 0 Å². The van der Waals surface area contributed by atoms with Crippen molar-refractivity contribution in [2.75, 3.05) is 6.54 Å². The normalized spacial score (nSPS) is 16.6. The Morgan fingerprint density at radius 2 is 1.52 bits per heavy atom. The van der Waals surface area contributed by atoms with Crippen LogP contribution in [0, 0.1) is 0 Å². The molecule has 0 radical (unpaired) electrons. The SMILES string of the molecule is O=C(C(c1ccccc1)c1ccccc1)N1CCC[C@@H]1c1nnc2ccccn12. The largest absolute Gasteiger partial charge is 0.332 e. The zero-order valence-corrected chi connectivity index (χ0v) is 16.1. The minimum Gasteiger partial charge on any atom is -0.332 e. The molecule has 0 spiro atoms. The van der Waals surface area contributed by atoms with Crippen molar-refractivity contribution in [1.29, 1.82) is 0 Å². The van der Waals surface area contributed by atoms with E-state index in [1.165, 1.54) is 0 Å². The van der Waals surface area contributed by atoms with Crippen molar-refractivity contribution in [3.05, 3.63) is 102 Å². The van der Waals surface area contributed by atoms with E-state index in [0.29, 0.717) is 0 Å². The second-order valence-electron chi connectivity index (χ2n) is 7.43. The van der Waals surface area contributed by atoms with Crippen LogP contribution in [0.2, 0.25) is 0 Å². The van der Waals surface area contributed by atoms with Gasteiger partial charge < -0.3 is 4.90 Å². The highest BCUT2D eigenvalue weighted by atomic mass is 16.2. The zero-order chi connectivity index (χ0) is 19.6. The molecule has 144 valence electrons. The lowest BCUT2D eigenvalue weighted by molar-refractivity contribution is -0.133. The Morgan fingerprint density at radius 1 is 0.862 bits per heavy atom. The minimum absolute atomic E-state index is 0.0603. The Bertz CT molecular complexity index is 1080. The smallest absolute Gasteiger partial charge is 0.235 e. The van der Waals surface area contributed by atoms with Crippen LogP contribution in [0.4, 0.5) is 0 Å². The number of aromatic nitrogens is 3. The molecule has 0 unspecified atom stereocenters. The number of benzene rings is 2. The van der Waals surface area contributed by atoms with Gasteiger partial charge in [-0.1, -0.05) is 66.7 Å². The number of amides is 1. The number of likely N-dealkylation sites (tertiary alicyclic amines) is 1. The van der Waals surface area contributed by atoms with Crippen LogP contribution in [0.15, 0.2) is 85.1 Å². The third kappa shape index (κ3) is 3.18. The summed E-state index contributed by atoms with van der Waals surface area (Å²) in [6.07, 6.45) is 3.84. The van der Waals surface area contributed by atoms with E-state index in [2.05, 4.69) is 10.2 Å². The highest BCUT2D eigenvalue weighted by Crippen LogP contribution is 2.36. The van der Waals surface area contributed by atoms with E-state index in [0.717, 1.165) is 42.0 Å². The Balaban J connectivity index is 1.54. The second kappa shape index (κ2) is 7.51. The molecule has 3 heterocycles. The van der Waals surface area contributed by atoms with Crippen LogP contribution in [0.1, 0.15) is 41.8 Å². The van der Waals surface area contributed by atoms with Gasteiger partial charge >= 0.3 is 0 Å². The molecule has 2 aromatic heterocycles. The van der Waals surface area contributed by atoms with Crippen LogP contribution in [-0.4, -0.2) is 31.9 Å². The van der Waals surface area contributed by atoms with E-state index in [4.69, 9.17) is 0 Å². The summed E-state index contributed by atoms with van der Waals surface area (Å²) < 4.78 is 2.00. The minimum atomic E-state index is -0.322. The summed E-state index contributed by atoms with van der Waals surface area (Å²) in [5.74, 6) is 0.640. The maximum absolute atomic E-state index is 13.9. The standard InChI is InChI=1S/C24H22N4O/c29-24(22(18-10-3-1-4-11-18)19-12-5-2-6-13-19)27-17-9-14-20(27)23-26-25-21-15-7-8-16-28(21)23/h1-8,10-13,15-16,20,22H,9,14,17H2/t20-/m1/s1. The fraction of sp³-hybridized carbons (Fsp3) is 0.208. The fourth-order valence-electron chi connectivity index (χ4n) is 4.32. The highest BCUT2D eigenvalue weighted by Gasteiger charge is 2.37. The van der Waals surface area contributed by atoms with Crippen molar-refractivity contribution in [2.45, 2.75) is 24.8 Å². The topological polar surface area (TPSA) is 50.5 Å². The van der Waals surface area contributed by atoms with E-state index >= 15 is 0 Å². The van der Waals surface area contributed by atoms with E-state index in [1.807, 2.05) is 94.4 Å². The number of hydrogen-bond acceptors (Lipinski definition) is 3. The predicted molar refractivity (Wildman–Crippen MR) is 111 cm³/mol. The van der Waals surface area contributed by atoms with Crippen LogP contribution in [0.3, 0.4) is 0 Å². The van der Waals surface area contributed by atoms with E-state index in [-0.39, 0.29) is 17.9 Å². The van der Waals surface area contributed by atoms with Gasteiger partial charge in [0.1, 0.15) is 0 Å². The Labute approximate surface area is 169 Å². The van der Waals surface area contributed by atoms with Gasteiger partial charge in [0.15, 0.2) is 11.5 Å². The summed E-state index contributed by atoms with van der Waals surface area (Å²) in [5, 5.41) is 8.73. The summed E-state index contributed by atoms with van der Waals surface area (Å²) in [6.45, 7) is 0.738. The molecule has 1 atom stereocenters. The quantitative estimate of drug-likeness (QED) is 0.531. The molecule has 29 heavy (non-hydrogen) atoms. The van der Waals surface area contributed by atoms with Crippen molar-refractivity contribution in [3.8, 4) is 0 Å². The average molecular weight is 382 g/mol. The van der Waals surface area contributed by atoms with Gasteiger partial charge in [-0.25, -0.2) is 0 Å². The molecule has 0 aliphatic carbocycles. The number of carbonyl (C=O) groups excluding carboxylic acids is 1. The fourth-order valence-corrected chi connectivity index (χ4v) is 4.32. The maximum Gasteiger partial charge on any atom is 0.235 e. The lowest BCUT2D eigenvalue weighted by Gasteiger charge is -2.28. The van der Waals surface area contributed by atoms with Gasteiger partial charge in [-0.2, -0.15) is 0 Å². The van der Waals surface area contributed by atoms with Crippen molar-refractivity contribution in [2.24, 2.45) is 0 Å². The van der Waals surface area contributed by atoms with E-state index < -0.39 is 0 Å². The third-order valence-electron chi connectivity index (χ3n) is 5.69. The van der Waals surface area contributed by atoms with Crippen molar-refractivity contribution in [3.63, 3.8) is 0 Å².